The van der Waals surface area contributed by atoms with Gasteiger partial charge in [0.1, 0.15) is 0 Å². The minimum atomic E-state index is 0.178. The molecule has 0 saturated heterocycles. The van der Waals surface area contributed by atoms with Crippen LogP contribution in [0.1, 0.15) is 64.9 Å². The second kappa shape index (κ2) is 5.28. The molecule has 0 aliphatic heterocycles. The Labute approximate surface area is 134 Å². The minimum absolute atomic E-state index is 0.178. The first-order chi connectivity index (χ1) is 9.83. The van der Waals surface area contributed by atoms with Crippen molar-refractivity contribution >= 4 is 11.6 Å². The summed E-state index contributed by atoms with van der Waals surface area (Å²) in [5, 5.41) is 4.59. The van der Waals surface area contributed by atoms with Crippen molar-refractivity contribution in [3.05, 3.63) is 34.9 Å². The lowest BCUT2D eigenvalue weighted by atomic mass is 9.49. The van der Waals surface area contributed by atoms with Crippen LogP contribution in [-0.2, 0) is 5.41 Å². The lowest BCUT2D eigenvalue weighted by Gasteiger charge is -2.56. The number of hydrogen-bond donors (Lipinski definition) is 1. The van der Waals surface area contributed by atoms with Gasteiger partial charge in [-0.1, -0.05) is 36.6 Å². The molecule has 1 spiro atoms. The molecule has 0 radical (unpaired) electrons. The molecule has 2 fully saturated rings. The summed E-state index contributed by atoms with van der Waals surface area (Å²) in [6, 6.07) is 8.59. The number of hydrogen-bond acceptors (Lipinski definition) is 1. The van der Waals surface area contributed by atoms with Crippen LogP contribution in [0.3, 0.4) is 0 Å². The summed E-state index contributed by atoms with van der Waals surface area (Å²) < 4.78 is 0. The van der Waals surface area contributed by atoms with Crippen molar-refractivity contribution < 1.29 is 0 Å². The lowest BCUT2D eigenvalue weighted by Crippen LogP contribution is -2.56. The van der Waals surface area contributed by atoms with Gasteiger partial charge in [-0.25, -0.2) is 0 Å². The standard InChI is InChI=1S/C19H28ClN/c1-17(2,3)21-14-19(15-6-8-16(20)9-7-15)12-18(13-19)10-4-5-11-18/h6-9,21H,4-5,10-14H2,1-3H3. The molecule has 0 unspecified atom stereocenters. The molecule has 0 aromatic heterocycles. The second-order valence-electron chi connectivity index (χ2n) is 8.45. The molecule has 3 rings (SSSR count). The van der Waals surface area contributed by atoms with E-state index in [9.17, 15) is 0 Å². The molecule has 0 bridgehead atoms. The van der Waals surface area contributed by atoms with Crippen molar-refractivity contribution in [3.63, 3.8) is 0 Å². The Kier molecular flexibility index (Phi) is 3.86. The average molecular weight is 306 g/mol. The van der Waals surface area contributed by atoms with Crippen LogP contribution in [-0.4, -0.2) is 12.1 Å². The Hall–Kier alpha value is -0.530. The molecule has 21 heavy (non-hydrogen) atoms. The van der Waals surface area contributed by atoms with E-state index in [2.05, 4.69) is 50.4 Å². The first kappa shape index (κ1) is 15.4. The molecule has 1 aromatic carbocycles. The van der Waals surface area contributed by atoms with Gasteiger partial charge in [0.15, 0.2) is 0 Å². The molecule has 2 aliphatic carbocycles. The zero-order chi connectivity index (χ0) is 15.1. The normalized spacial score (nSPS) is 23.2. The van der Waals surface area contributed by atoms with Crippen molar-refractivity contribution in [2.45, 2.75) is 70.3 Å². The minimum Gasteiger partial charge on any atom is -0.311 e. The van der Waals surface area contributed by atoms with Crippen LogP contribution in [0.15, 0.2) is 24.3 Å². The van der Waals surface area contributed by atoms with Gasteiger partial charge < -0.3 is 5.32 Å². The van der Waals surface area contributed by atoms with Gasteiger partial charge in [-0.15, -0.1) is 0 Å². The highest BCUT2D eigenvalue weighted by molar-refractivity contribution is 6.30. The summed E-state index contributed by atoms with van der Waals surface area (Å²) in [5.41, 5.74) is 2.63. The highest BCUT2D eigenvalue weighted by Crippen LogP contribution is 2.62. The van der Waals surface area contributed by atoms with Crippen LogP contribution in [0, 0.1) is 5.41 Å². The molecule has 0 amide bonds. The monoisotopic (exact) mass is 305 g/mol. The van der Waals surface area contributed by atoms with Gasteiger partial charge in [0.2, 0.25) is 0 Å². The van der Waals surface area contributed by atoms with E-state index >= 15 is 0 Å². The predicted molar refractivity (Wildman–Crippen MR) is 91.0 cm³/mol. The summed E-state index contributed by atoms with van der Waals surface area (Å²) in [5.74, 6) is 0. The Morgan fingerprint density at radius 1 is 1.05 bits per heavy atom. The molecule has 1 nitrogen and oxygen atoms in total. The molecule has 0 heterocycles. The fourth-order valence-electron chi connectivity index (χ4n) is 4.53. The van der Waals surface area contributed by atoms with Crippen molar-refractivity contribution in [1.29, 1.82) is 0 Å². The summed E-state index contributed by atoms with van der Waals surface area (Å²) in [6.07, 6.45) is 8.46. The molecule has 116 valence electrons. The van der Waals surface area contributed by atoms with Gasteiger partial charge in [-0.05, 0) is 69.6 Å². The van der Waals surface area contributed by atoms with Crippen LogP contribution < -0.4 is 5.32 Å². The quantitative estimate of drug-likeness (QED) is 0.797. The SMILES string of the molecule is CC(C)(C)NCC1(c2ccc(Cl)cc2)CC2(CCCC2)C1. The molecular weight excluding hydrogens is 278 g/mol. The maximum absolute atomic E-state index is 6.08. The van der Waals surface area contributed by atoms with E-state index in [4.69, 9.17) is 11.6 Å². The number of rotatable bonds is 3. The third-order valence-corrected chi connectivity index (χ3v) is 5.76. The van der Waals surface area contributed by atoms with Crippen LogP contribution in [0.2, 0.25) is 5.02 Å². The molecule has 2 aliphatic rings. The largest absolute Gasteiger partial charge is 0.311 e. The summed E-state index contributed by atoms with van der Waals surface area (Å²) in [7, 11) is 0. The van der Waals surface area contributed by atoms with Crippen LogP contribution in [0.25, 0.3) is 0 Å². The van der Waals surface area contributed by atoms with E-state index in [0.717, 1.165) is 11.6 Å². The smallest absolute Gasteiger partial charge is 0.0406 e. The summed E-state index contributed by atoms with van der Waals surface area (Å²) >= 11 is 6.08. The summed E-state index contributed by atoms with van der Waals surface area (Å²) in [4.78, 5) is 0. The van der Waals surface area contributed by atoms with Crippen molar-refractivity contribution in [2.24, 2.45) is 5.41 Å². The van der Waals surface area contributed by atoms with E-state index in [1.54, 1.807) is 0 Å². The van der Waals surface area contributed by atoms with Crippen molar-refractivity contribution in [2.75, 3.05) is 6.54 Å². The highest BCUT2D eigenvalue weighted by atomic mass is 35.5. The van der Waals surface area contributed by atoms with Crippen LogP contribution in [0.5, 0.6) is 0 Å². The molecule has 1 aromatic rings. The van der Waals surface area contributed by atoms with E-state index < -0.39 is 0 Å². The van der Waals surface area contributed by atoms with E-state index in [1.807, 2.05) is 0 Å². The van der Waals surface area contributed by atoms with Gasteiger partial charge >= 0.3 is 0 Å². The Morgan fingerprint density at radius 3 is 2.14 bits per heavy atom. The second-order valence-corrected chi connectivity index (χ2v) is 8.89. The van der Waals surface area contributed by atoms with Gasteiger partial charge in [0.05, 0.1) is 0 Å². The van der Waals surface area contributed by atoms with Crippen molar-refractivity contribution in [3.8, 4) is 0 Å². The molecule has 0 atom stereocenters. The van der Waals surface area contributed by atoms with Gasteiger partial charge in [-0.3, -0.25) is 0 Å². The Balaban J connectivity index is 1.80. The molecule has 2 saturated carbocycles. The lowest BCUT2D eigenvalue weighted by molar-refractivity contribution is 0.0230. The van der Waals surface area contributed by atoms with Gasteiger partial charge in [0.25, 0.3) is 0 Å². The first-order valence-corrected chi connectivity index (χ1v) is 8.72. The van der Waals surface area contributed by atoms with E-state index in [1.165, 1.54) is 44.1 Å². The average Bonchev–Trinajstić information content (AvgIpc) is 2.84. The van der Waals surface area contributed by atoms with Crippen molar-refractivity contribution in [1.82, 2.24) is 5.32 Å². The van der Waals surface area contributed by atoms with E-state index in [0.29, 0.717) is 10.8 Å². The zero-order valence-corrected chi connectivity index (χ0v) is 14.4. The molecule has 2 heteroatoms. The highest BCUT2D eigenvalue weighted by Gasteiger charge is 2.55. The molecular formula is C19H28ClN. The van der Waals surface area contributed by atoms with Gasteiger partial charge in [0, 0.05) is 22.5 Å². The Morgan fingerprint density at radius 2 is 1.62 bits per heavy atom. The van der Waals surface area contributed by atoms with Crippen LogP contribution in [0.4, 0.5) is 0 Å². The third-order valence-electron chi connectivity index (χ3n) is 5.50. The summed E-state index contributed by atoms with van der Waals surface area (Å²) in [6.45, 7) is 7.85. The molecule has 1 N–H and O–H groups in total. The topological polar surface area (TPSA) is 12.0 Å². The zero-order valence-electron chi connectivity index (χ0n) is 13.6. The number of nitrogens with one attached hydrogen (secondary N) is 1. The Bertz CT molecular complexity index is 483. The third kappa shape index (κ3) is 3.14. The van der Waals surface area contributed by atoms with Gasteiger partial charge in [-0.2, -0.15) is 0 Å². The van der Waals surface area contributed by atoms with Crippen LogP contribution >= 0.6 is 11.6 Å². The maximum atomic E-state index is 6.08. The number of halogens is 1. The predicted octanol–water partition coefficient (Wildman–Crippen LogP) is 5.32. The fourth-order valence-corrected chi connectivity index (χ4v) is 4.66. The fraction of sp³-hybridized carbons (Fsp3) is 0.684. The number of benzene rings is 1. The van der Waals surface area contributed by atoms with E-state index in [-0.39, 0.29) is 5.54 Å². The maximum Gasteiger partial charge on any atom is 0.0406 e. The first-order valence-electron chi connectivity index (χ1n) is 8.34.